The second kappa shape index (κ2) is 6.07. The third-order valence-corrected chi connectivity index (χ3v) is 3.01. The van der Waals surface area contributed by atoms with Crippen molar-refractivity contribution in [3.63, 3.8) is 0 Å². The van der Waals surface area contributed by atoms with Crippen LogP contribution in [0.2, 0.25) is 0 Å². The average molecular weight is 236 g/mol. The van der Waals surface area contributed by atoms with Gasteiger partial charge in [-0.1, -0.05) is 13.3 Å². The Kier molecular flexibility index (Phi) is 5.82. The maximum Gasteiger partial charge on any atom is 0.239 e. The van der Waals surface area contributed by atoms with E-state index in [1.807, 2.05) is 6.92 Å². The summed E-state index contributed by atoms with van der Waals surface area (Å²) in [6.07, 6.45) is 2.62. The minimum absolute atomic E-state index is 0.0198. The Hall–Kier alpha value is -0.620. The normalized spacial score (nSPS) is 13.6. The molecule has 1 amide bonds. The fraction of sp³-hybridized carbons (Fsp3) is 0.889. The van der Waals surface area contributed by atoms with E-state index in [2.05, 4.69) is 0 Å². The molecular weight excluding hydrogens is 216 g/mol. The third-order valence-electron chi connectivity index (χ3n) is 2.09. The van der Waals surface area contributed by atoms with Crippen LogP contribution in [0.4, 0.5) is 0 Å². The zero-order valence-electron chi connectivity index (χ0n) is 9.56. The molecule has 0 fully saturated rings. The lowest BCUT2D eigenvalue weighted by Crippen LogP contribution is -2.43. The first-order valence-electron chi connectivity index (χ1n) is 4.96. The minimum atomic E-state index is -3.03. The summed E-state index contributed by atoms with van der Waals surface area (Å²) in [5.41, 5.74) is 5.63. The van der Waals surface area contributed by atoms with E-state index in [1.165, 1.54) is 4.90 Å². The molecule has 0 aliphatic heterocycles. The SMILES string of the molecule is CCCC(N)C(=O)N(C)CCS(C)(=O)=O. The Morgan fingerprint density at radius 3 is 2.40 bits per heavy atom. The van der Waals surface area contributed by atoms with Gasteiger partial charge in [0, 0.05) is 19.8 Å². The van der Waals surface area contributed by atoms with E-state index in [0.29, 0.717) is 6.42 Å². The van der Waals surface area contributed by atoms with Gasteiger partial charge < -0.3 is 10.6 Å². The van der Waals surface area contributed by atoms with Crippen LogP contribution in [0.5, 0.6) is 0 Å². The molecule has 0 aromatic carbocycles. The van der Waals surface area contributed by atoms with Gasteiger partial charge in [0.2, 0.25) is 5.91 Å². The second-order valence-corrected chi connectivity index (χ2v) is 6.04. The zero-order chi connectivity index (χ0) is 12.1. The summed E-state index contributed by atoms with van der Waals surface area (Å²) in [6, 6.07) is -0.514. The molecule has 0 rings (SSSR count). The Morgan fingerprint density at radius 2 is 2.00 bits per heavy atom. The van der Waals surface area contributed by atoms with Gasteiger partial charge in [-0.3, -0.25) is 4.79 Å². The van der Waals surface area contributed by atoms with Crippen LogP contribution in [0.25, 0.3) is 0 Å². The molecule has 0 aliphatic rings. The highest BCUT2D eigenvalue weighted by Crippen LogP contribution is 1.98. The Balaban J connectivity index is 4.10. The van der Waals surface area contributed by atoms with E-state index < -0.39 is 15.9 Å². The summed E-state index contributed by atoms with van der Waals surface area (Å²) in [5.74, 6) is -0.214. The summed E-state index contributed by atoms with van der Waals surface area (Å²) >= 11 is 0. The zero-order valence-corrected chi connectivity index (χ0v) is 10.4. The number of rotatable bonds is 6. The smallest absolute Gasteiger partial charge is 0.239 e. The van der Waals surface area contributed by atoms with Crippen molar-refractivity contribution in [1.82, 2.24) is 4.90 Å². The molecule has 0 aromatic rings. The summed E-state index contributed by atoms with van der Waals surface area (Å²) in [6.45, 7) is 2.15. The van der Waals surface area contributed by atoms with Gasteiger partial charge in [0.05, 0.1) is 11.8 Å². The summed E-state index contributed by atoms with van der Waals surface area (Å²) in [7, 11) is -1.45. The number of nitrogens with two attached hydrogens (primary N) is 1. The number of nitrogens with zero attached hydrogens (tertiary/aromatic N) is 1. The minimum Gasteiger partial charge on any atom is -0.343 e. The van der Waals surface area contributed by atoms with Gasteiger partial charge >= 0.3 is 0 Å². The molecule has 0 heterocycles. The Morgan fingerprint density at radius 1 is 1.47 bits per heavy atom. The molecule has 0 radical (unpaired) electrons. The average Bonchev–Trinajstić information content (AvgIpc) is 2.12. The number of likely N-dealkylation sites (N-methyl/N-ethyl adjacent to an activating group) is 1. The third kappa shape index (κ3) is 6.46. The fourth-order valence-corrected chi connectivity index (χ4v) is 1.74. The topological polar surface area (TPSA) is 80.5 Å². The molecule has 90 valence electrons. The van der Waals surface area contributed by atoms with Crippen molar-refractivity contribution in [2.24, 2.45) is 5.73 Å². The predicted octanol–water partition coefficient (Wildman–Crippen LogP) is -0.383. The van der Waals surface area contributed by atoms with Crippen LogP contribution in [0.15, 0.2) is 0 Å². The van der Waals surface area contributed by atoms with E-state index >= 15 is 0 Å². The van der Waals surface area contributed by atoms with Gasteiger partial charge in [-0.25, -0.2) is 8.42 Å². The maximum absolute atomic E-state index is 11.6. The number of hydrogen-bond acceptors (Lipinski definition) is 4. The summed E-state index contributed by atoms with van der Waals surface area (Å²) in [5, 5.41) is 0. The van der Waals surface area contributed by atoms with Crippen LogP contribution in [0, 0.1) is 0 Å². The molecule has 6 heteroatoms. The van der Waals surface area contributed by atoms with Crippen molar-refractivity contribution in [1.29, 1.82) is 0 Å². The Labute approximate surface area is 91.5 Å². The molecule has 0 aliphatic carbocycles. The number of carbonyl (C=O) groups is 1. The van der Waals surface area contributed by atoms with Crippen LogP contribution in [0.3, 0.4) is 0 Å². The molecule has 0 saturated heterocycles. The highest BCUT2D eigenvalue weighted by Gasteiger charge is 2.17. The maximum atomic E-state index is 11.6. The molecule has 0 saturated carbocycles. The van der Waals surface area contributed by atoms with Crippen molar-refractivity contribution in [3.8, 4) is 0 Å². The monoisotopic (exact) mass is 236 g/mol. The van der Waals surface area contributed by atoms with Gasteiger partial charge in [-0.2, -0.15) is 0 Å². The summed E-state index contributed by atoms with van der Waals surface area (Å²) < 4.78 is 21.8. The first kappa shape index (κ1) is 14.4. The molecule has 0 bridgehead atoms. The lowest BCUT2D eigenvalue weighted by Gasteiger charge is -2.20. The highest BCUT2D eigenvalue weighted by molar-refractivity contribution is 7.90. The largest absolute Gasteiger partial charge is 0.343 e. The highest BCUT2D eigenvalue weighted by atomic mass is 32.2. The standard InChI is InChI=1S/C9H20N2O3S/c1-4-5-8(10)9(12)11(2)6-7-15(3,13)14/h8H,4-7,10H2,1-3H3. The molecule has 1 atom stereocenters. The van der Waals surface area contributed by atoms with E-state index in [0.717, 1.165) is 12.7 Å². The van der Waals surface area contributed by atoms with Crippen LogP contribution < -0.4 is 5.73 Å². The number of hydrogen-bond donors (Lipinski definition) is 1. The Bertz CT molecular complexity index is 300. The molecule has 0 aromatic heterocycles. The summed E-state index contributed by atoms with van der Waals surface area (Å²) in [4.78, 5) is 12.9. The van der Waals surface area contributed by atoms with Crippen LogP contribution in [-0.4, -0.2) is 50.9 Å². The molecule has 0 spiro atoms. The molecule has 2 N–H and O–H groups in total. The lowest BCUT2D eigenvalue weighted by molar-refractivity contribution is -0.131. The van der Waals surface area contributed by atoms with Gasteiger partial charge in [-0.05, 0) is 6.42 Å². The molecule has 1 unspecified atom stereocenters. The number of amides is 1. The van der Waals surface area contributed by atoms with Gasteiger partial charge in [0.15, 0.2) is 0 Å². The number of sulfone groups is 1. The van der Waals surface area contributed by atoms with Gasteiger partial charge in [-0.15, -0.1) is 0 Å². The predicted molar refractivity (Wildman–Crippen MR) is 60.2 cm³/mol. The van der Waals surface area contributed by atoms with E-state index in [1.54, 1.807) is 7.05 Å². The van der Waals surface area contributed by atoms with Crippen LogP contribution >= 0.6 is 0 Å². The van der Waals surface area contributed by atoms with Crippen LogP contribution in [-0.2, 0) is 14.6 Å². The lowest BCUT2D eigenvalue weighted by atomic mass is 10.1. The quantitative estimate of drug-likeness (QED) is 0.681. The van der Waals surface area contributed by atoms with Crippen molar-refractivity contribution >= 4 is 15.7 Å². The van der Waals surface area contributed by atoms with Gasteiger partial charge in [0.1, 0.15) is 9.84 Å². The van der Waals surface area contributed by atoms with Crippen molar-refractivity contribution in [2.75, 3.05) is 25.6 Å². The van der Waals surface area contributed by atoms with E-state index in [-0.39, 0.29) is 18.2 Å². The molecular formula is C9H20N2O3S. The second-order valence-electron chi connectivity index (χ2n) is 3.78. The molecule has 15 heavy (non-hydrogen) atoms. The number of carbonyl (C=O) groups excluding carboxylic acids is 1. The van der Waals surface area contributed by atoms with Crippen molar-refractivity contribution in [3.05, 3.63) is 0 Å². The fourth-order valence-electron chi connectivity index (χ4n) is 1.13. The van der Waals surface area contributed by atoms with Crippen molar-refractivity contribution in [2.45, 2.75) is 25.8 Å². The van der Waals surface area contributed by atoms with E-state index in [4.69, 9.17) is 5.73 Å². The van der Waals surface area contributed by atoms with Crippen molar-refractivity contribution < 1.29 is 13.2 Å². The first-order chi connectivity index (χ1) is 6.78. The molecule has 5 nitrogen and oxygen atoms in total. The van der Waals surface area contributed by atoms with Crippen LogP contribution in [0.1, 0.15) is 19.8 Å². The van der Waals surface area contributed by atoms with E-state index in [9.17, 15) is 13.2 Å². The van der Waals surface area contributed by atoms with Gasteiger partial charge in [0.25, 0.3) is 0 Å². The first-order valence-corrected chi connectivity index (χ1v) is 7.02.